The molecule has 2 aliphatic carbocycles. The van der Waals surface area contributed by atoms with E-state index in [1.807, 2.05) is 12.1 Å². The Balaban J connectivity index is 1.67. The molecule has 0 unspecified atom stereocenters. The zero-order chi connectivity index (χ0) is 13.9. The molecule has 3 N–H and O–H groups in total. The van der Waals surface area contributed by atoms with Crippen molar-refractivity contribution in [3.63, 3.8) is 0 Å². The van der Waals surface area contributed by atoms with Gasteiger partial charge >= 0.3 is 0 Å². The molecule has 3 rings (SSSR count). The fraction of sp³-hybridized carbons (Fsp3) is 0.588. The van der Waals surface area contributed by atoms with Crippen molar-refractivity contribution in [2.24, 2.45) is 11.7 Å². The molecule has 1 fully saturated rings. The van der Waals surface area contributed by atoms with Crippen LogP contribution in [0, 0.1) is 5.92 Å². The summed E-state index contributed by atoms with van der Waals surface area (Å²) in [5, 5.41) is 3.12. The lowest BCUT2D eigenvalue weighted by atomic mass is 9.89. The van der Waals surface area contributed by atoms with Crippen LogP contribution in [-0.2, 0) is 6.42 Å². The molecule has 0 aliphatic heterocycles. The third-order valence-corrected chi connectivity index (χ3v) is 4.81. The number of hydrogen-bond acceptors (Lipinski definition) is 2. The van der Waals surface area contributed by atoms with Crippen LogP contribution < -0.4 is 11.1 Å². The van der Waals surface area contributed by atoms with Gasteiger partial charge in [-0.05, 0) is 48.8 Å². The zero-order valence-electron chi connectivity index (χ0n) is 12.0. The number of amides is 1. The number of benzene rings is 1. The molecule has 3 heteroatoms. The summed E-state index contributed by atoms with van der Waals surface area (Å²) in [6.45, 7) is 0.817. The molecular weight excluding hydrogens is 248 g/mol. The maximum absolute atomic E-state index is 12.4. The van der Waals surface area contributed by atoms with Crippen LogP contribution in [0.3, 0.4) is 0 Å². The first kappa shape index (κ1) is 13.6. The number of fused-ring (bicyclic) bond motifs is 1. The number of carbonyl (C=O) groups excluding carboxylic acids is 1. The van der Waals surface area contributed by atoms with Crippen molar-refractivity contribution in [3.8, 4) is 0 Å². The Bertz CT molecular complexity index is 492. The normalized spacial score (nSPS) is 22.6. The summed E-state index contributed by atoms with van der Waals surface area (Å²) in [6.07, 6.45) is 8.45. The Hall–Kier alpha value is -1.35. The van der Waals surface area contributed by atoms with Gasteiger partial charge in [-0.15, -0.1) is 0 Å². The first-order chi connectivity index (χ1) is 9.75. The van der Waals surface area contributed by atoms with Gasteiger partial charge in [-0.1, -0.05) is 31.4 Å². The van der Waals surface area contributed by atoms with Gasteiger partial charge < -0.3 is 11.1 Å². The number of aryl methyl sites for hydroxylation is 1. The van der Waals surface area contributed by atoms with Gasteiger partial charge in [0.05, 0.1) is 0 Å². The van der Waals surface area contributed by atoms with E-state index in [9.17, 15) is 4.79 Å². The highest BCUT2D eigenvalue weighted by Gasteiger charge is 2.25. The molecule has 2 aliphatic rings. The van der Waals surface area contributed by atoms with Crippen LogP contribution >= 0.6 is 0 Å². The Morgan fingerprint density at radius 2 is 2.00 bits per heavy atom. The largest absolute Gasteiger partial charge is 0.352 e. The second kappa shape index (κ2) is 5.96. The van der Waals surface area contributed by atoms with Crippen molar-refractivity contribution in [2.45, 2.75) is 51.0 Å². The lowest BCUT2D eigenvalue weighted by Gasteiger charge is -2.22. The van der Waals surface area contributed by atoms with Gasteiger partial charge in [-0.2, -0.15) is 0 Å². The number of carbonyl (C=O) groups is 1. The van der Waals surface area contributed by atoms with Crippen LogP contribution in [-0.4, -0.2) is 12.5 Å². The molecule has 0 heterocycles. The van der Waals surface area contributed by atoms with Crippen LogP contribution in [0.1, 0.15) is 66.1 Å². The lowest BCUT2D eigenvalue weighted by Crippen LogP contribution is -2.31. The van der Waals surface area contributed by atoms with Gasteiger partial charge in [-0.3, -0.25) is 4.79 Å². The van der Waals surface area contributed by atoms with Crippen LogP contribution in [0.25, 0.3) is 0 Å². The summed E-state index contributed by atoms with van der Waals surface area (Å²) in [4.78, 5) is 12.4. The predicted octanol–water partition coefficient (Wildman–Crippen LogP) is 2.94. The van der Waals surface area contributed by atoms with Crippen molar-refractivity contribution in [3.05, 3.63) is 34.9 Å². The summed E-state index contributed by atoms with van der Waals surface area (Å²) in [6, 6.07) is 6.02. The minimum atomic E-state index is 0.0293. The number of rotatable bonds is 3. The standard InChI is InChI=1S/C17H24N2O/c18-15-10-9-13-7-4-8-14(16(13)15)17(20)19-11-12-5-2-1-3-6-12/h4,7-8,12,15H,1-3,5-6,9-11,18H2,(H,19,20)/t15-/m1/s1. The van der Waals surface area contributed by atoms with E-state index < -0.39 is 0 Å². The number of nitrogens with one attached hydrogen (secondary N) is 1. The SMILES string of the molecule is N[C@@H]1CCc2cccc(C(=O)NCC3CCCCC3)c21. The Labute approximate surface area is 120 Å². The van der Waals surface area contributed by atoms with E-state index in [1.54, 1.807) is 0 Å². The number of hydrogen-bond donors (Lipinski definition) is 2. The molecule has 1 aromatic carbocycles. The molecule has 1 amide bonds. The maximum Gasteiger partial charge on any atom is 0.251 e. The Morgan fingerprint density at radius 3 is 2.80 bits per heavy atom. The average molecular weight is 272 g/mol. The second-order valence-corrected chi connectivity index (χ2v) is 6.24. The fourth-order valence-corrected chi connectivity index (χ4v) is 3.65. The van der Waals surface area contributed by atoms with Crippen LogP contribution in [0.5, 0.6) is 0 Å². The molecule has 3 nitrogen and oxygen atoms in total. The summed E-state index contributed by atoms with van der Waals surface area (Å²) in [7, 11) is 0. The highest BCUT2D eigenvalue weighted by molar-refractivity contribution is 5.96. The zero-order valence-corrected chi connectivity index (χ0v) is 12.0. The van der Waals surface area contributed by atoms with Crippen LogP contribution in [0.4, 0.5) is 0 Å². The molecule has 0 aromatic heterocycles. The third kappa shape index (κ3) is 2.73. The van der Waals surface area contributed by atoms with E-state index >= 15 is 0 Å². The summed E-state index contributed by atoms with van der Waals surface area (Å²) in [5.74, 6) is 0.725. The molecule has 1 aromatic rings. The second-order valence-electron chi connectivity index (χ2n) is 6.24. The Morgan fingerprint density at radius 1 is 1.20 bits per heavy atom. The molecule has 1 saturated carbocycles. The molecule has 0 radical (unpaired) electrons. The molecular formula is C17H24N2O. The summed E-state index contributed by atoms with van der Waals surface area (Å²) < 4.78 is 0. The third-order valence-electron chi connectivity index (χ3n) is 4.81. The van der Waals surface area contributed by atoms with Crippen molar-refractivity contribution >= 4 is 5.91 Å². The lowest BCUT2D eigenvalue weighted by molar-refractivity contribution is 0.0942. The van der Waals surface area contributed by atoms with E-state index in [-0.39, 0.29) is 11.9 Å². The highest BCUT2D eigenvalue weighted by Crippen LogP contribution is 2.32. The van der Waals surface area contributed by atoms with Gasteiger partial charge in [-0.25, -0.2) is 0 Å². The predicted molar refractivity (Wildman–Crippen MR) is 80.6 cm³/mol. The monoisotopic (exact) mass is 272 g/mol. The smallest absolute Gasteiger partial charge is 0.251 e. The van der Waals surface area contributed by atoms with E-state index in [0.29, 0.717) is 5.92 Å². The van der Waals surface area contributed by atoms with E-state index in [1.165, 1.54) is 37.7 Å². The van der Waals surface area contributed by atoms with Gasteiger partial charge in [0.2, 0.25) is 0 Å². The molecule has 0 spiro atoms. The van der Waals surface area contributed by atoms with Crippen LogP contribution in [0.2, 0.25) is 0 Å². The van der Waals surface area contributed by atoms with Crippen molar-refractivity contribution in [1.82, 2.24) is 5.32 Å². The van der Waals surface area contributed by atoms with Gasteiger partial charge in [0.25, 0.3) is 5.91 Å². The van der Waals surface area contributed by atoms with Gasteiger partial charge in [0.15, 0.2) is 0 Å². The molecule has 0 saturated heterocycles. The van der Waals surface area contributed by atoms with Crippen molar-refractivity contribution in [2.75, 3.05) is 6.54 Å². The molecule has 0 bridgehead atoms. The maximum atomic E-state index is 12.4. The minimum absolute atomic E-state index is 0.0293. The van der Waals surface area contributed by atoms with Gasteiger partial charge in [0.1, 0.15) is 0 Å². The molecule has 20 heavy (non-hydrogen) atoms. The minimum Gasteiger partial charge on any atom is -0.352 e. The topological polar surface area (TPSA) is 55.1 Å². The van der Waals surface area contributed by atoms with Gasteiger partial charge in [0, 0.05) is 18.2 Å². The number of nitrogens with two attached hydrogens (primary N) is 1. The average Bonchev–Trinajstić information content (AvgIpc) is 2.87. The first-order valence-corrected chi connectivity index (χ1v) is 7.91. The van der Waals surface area contributed by atoms with E-state index in [4.69, 9.17) is 5.73 Å². The van der Waals surface area contributed by atoms with Crippen molar-refractivity contribution in [1.29, 1.82) is 0 Å². The van der Waals surface area contributed by atoms with Crippen molar-refractivity contribution < 1.29 is 4.79 Å². The first-order valence-electron chi connectivity index (χ1n) is 7.91. The summed E-state index contributed by atoms with van der Waals surface area (Å²) in [5.41, 5.74) is 9.27. The summed E-state index contributed by atoms with van der Waals surface area (Å²) >= 11 is 0. The highest BCUT2D eigenvalue weighted by atomic mass is 16.1. The fourth-order valence-electron chi connectivity index (χ4n) is 3.65. The van der Waals surface area contributed by atoms with E-state index in [0.717, 1.165) is 30.5 Å². The Kier molecular flexibility index (Phi) is 4.06. The quantitative estimate of drug-likeness (QED) is 0.889. The molecule has 108 valence electrons. The molecule has 1 atom stereocenters. The van der Waals surface area contributed by atoms with Crippen LogP contribution in [0.15, 0.2) is 18.2 Å². The van der Waals surface area contributed by atoms with E-state index in [2.05, 4.69) is 11.4 Å².